The van der Waals surface area contributed by atoms with Gasteiger partial charge in [0.05, 0.1) is 19.3 Å². The highest BCUT2D eigenvalue weighted by atomic mass is 32.1. The van der Waals surface area contributed by atoms with Gasteiger partial charge < -0.3 is 14.7 Å². The highest BCUT2D eigenvalue weighted by molar-refractivity contribution is 7.09. The van der Waals surface area contributed by atoms with Gasteiger partial charge >= 0.3 is 0 Å². The topological polar surface area (TPSA) is 35.9 Å². The van der Waals surface area contributed by atoms with E-state index in [9.17, 15) is 5.11 Å². The minimum atomic E-state index is -0.418. The molecule has 0 amide bonds. The first-order valence-electron chi connectivity index (χ1n) is 8.12. The van der Waals surface area contributed by atoms with E-state index in [1.165, 1.54) is 10.6 Å². The molecule has 1 aromatic carbocycles. The molecule has 2 aromatic rings. The number of anilines is 1. The minimum Gasteiger partial charge on any atom is -0.389 e. The van der Waals surface area contributed by atoms with Crippen molar-refractivity contribution in [3.8, 4) is 0 Å². The summed E-state index contributed by atoms with van der Waals surface area (Å²) in [6, 6.07) is 14.6. The third kappa shape index (κ3) is 5.04. The van der Waals surface area contributed by atoms with Crippen molar-refractivity contribution in [3.05, 3.63) is 52.7 Å². The van der Waals surface area contributed by atoms with E-state index in [2.05, 4.69) is 40.1 Å². The number of hydrogen-bond acceptors (Lipinski definition) is 5. The molecule has 1 fully saturated rings. The van der Waals surface area contributed by atoms with Gasteiger partial charge in [0.1, 0.15) is 0 Å². The van der Waals surface area contributed by atoms with Crippen molar-refractivity contribution < 1.29 is 9.84 Å². The lowest BCUT2D eigenvalue weighted by molar-refractivity contribution is 0.00991. The summed E-state index contributed by atoms with van der Waals surface area (Å²) in [5.74, 6) is 0. The van der Waals surface area contributed by atoms with E-state index in [-0.39, 0.29) is 0 Å². The number of piperazine rings is 1. The van der Waals surface area contributed by atoms with Gasteiger partial charge in [0.2, 0.25) is 0 Å². The zero-order valence-electron chi connectivity index (χ0n) is 13.3. The summed E-state index contributed by atoms with van der Waals surface area (Å²) in [4.78, 5) is 5.92. The van der Waals surface area contributed by atoms with E-state index in [0.29, 0.717) is 19.8 Å². The van der Waals surface area contributed by atoms with Crippen LogP contribution in [-0.2, 0) is 11.3 Å². The van der Waals surface area contributed by atoms with Crippen molar-refractivity contribution in [2.75, 3.05) is 44.2 Å². The highest BCUT2D eigenvalue weighted by Gasteiger charge is 2.19. The lowest BCUT2D eigenvalue weighted by Gasteiger charge is -2.36. The fraction of sp³-hybridized carbons (Fsp3) is 0.444. The van der Waals surface area contributed by atoms with Crippen LogP contribution in [0.15, 0.2) is 47.8 Å². The Labute approximate surface area is 141 Å². The fourth-order valence-corrected chi connectivity index (χ4v) is 3.51. The molecule has 0 aliphatic carbocycles. The molecule has 0 bridgehead atoms. The Bertz CT molecular complexity index is 554. The van der Waals surface area contributed by atoms with E-state index in [4.69, 9.17) is 4.74 Å². The maximum absolute atomic E-state index is 10.1. The number of benzene rings is 1. The summed E-state index contributed by atoms with van der Waals surface area (Å²) in [5, 5.41) is 12.2. The number of nitrogens with zero attached hydrogens (tertiary/aromatic N) is 2. The molecule has 0 saturated carbocycles. The number of para-hydroxylation sites is 1. The van der Waals surface area contributed by atoms with Crippen LogP contribution in [0, 0.1) is 0 Å². The van der Waals surface area contributed by atoms with Gasteiger partial charge in [-0.1, -0.05) is 24.3 Å². The second-order valence-electron chi connectivity index (χ2n) is 5.87. The first kappa shape index (κ1) is 16.5. The van der Waals surface area contributed by atoms with Crippen molar-refractivity contribution >= 4 is 17.0 Å². The predicted molar refractivity (Wildman–Crippen MR) is 95.1 cm³/mol. The molecule has 1 saturated heterocycles. The van der Waals surface area contributed by atoms with Crippen LogP contribution in [0.5, 0.6) is 0 Å². The van der Waals surface area contributed by atoms with Crippen LogP contribution >= 0.6 is 11.3 Å². The van der Waals surface area contributed by atoms with Gasteiger partial charge in [-0.25, -0.2) is 0 Å². The normalized spacial score (nSPS) is 17.3. The summed E-state index contributed by atoms with van der Waals surface area (Å²) < 4.78 is 5.60. The summed E-state index contributed by atoms with van der Waals surface area (Å²) >= 11 is 1.69. The monoisotopic (exact) mass is 332 g/mol. The van der Waals surface area contributed by atoms with Gasteiger partial charge in [0, 0.05) is 43.3 Å². The zero-order valence-corrected chi connectivity index (χ0v) is 14.1. The molecule has 5 heteroatoms. The SMILES string of the molecule is OC(COCc1cccs1)CN1CCN(c2ccccc2)CC1. The molecular formula is C18H24N2O2S. The number of aliphatic hydroxyl groups is 1. The van der Waals surface area contributed by atoms with Crippen LogP contribution in [0.25, 0.3) is 0 Å². The number of aliphatic hydroxyl groups excluding tert-OH is 1. The number of thiophene rings is 1. The maximum atomic E-state index is 10.1. The lowest BCUT2D eigenvalue weighted by Crippen LogP contribution is -2.49. The molecule has 3 rings (SSSR count). The zero-order chi connectivity index (χ0) is 15.9. The largest absolute Gasteiger partial charge is 0.389 e. The van der Waals surface area contributed by atoms with Crippen LogP contribution in [0.2, 0.25) is 0 Å². The van der Waals surface area contributed by atoms with E-state index in [0.717, 1.165) is 26.2 Å². The Morgan fingerprint density at radius 1 is 1.04 bits per heavy atom. The van der Waals surface area contributed by atoms with Crippen LogP contribution in [0.1, 0.15) is 4.88 Å². The lowest BCUT2D eigenvalue weighted by atomic mass is 10.2. The van der Waals surface area contributed by atoms with Crippen molar-refractivity contribution in [2.45, 2.75) is 12.7 Å². The molecule has 23 heavy (non-hydrogen) atoms. The van der Waals surface area contributed by atoms with Crippen LogP contribution in [0.3, 0.4) is 0 Å². The van der Waals surface area contributed by atoms with E-state index < -0.39 is 6.10 Å². The third-order valence-corrected chi connectivity index (χ3v) is 4.95. The number of hydrogen-bond donors (Lipinski definition) is 1. The van der Waals surface area contributed by atoms with Gasteiger partial charge in [-0.05, 0) is 23.6 Å². The molecule has 124 valence electrons. The number of β-amino-alcohol motifs (C(OH)–C–C–N with tert-alkyl or cyclic N) is 1. The molecule has 1 atom stereocenters. The Hall–Kier alpha value is -1.40. The molecule has 0 spiro atoms. The standard InChI is InChI=1S/C18H24N2O2S/c21-17(14-22-15-18-7-4-12-23-18)13-19-8-10-20(11-9-19)16-5-2-1-3-6-16/h1-7,12,17,21H,8-11,13-15H2. The van der Waals surface area contributed by atoms with E-state index in [1.807, 2.05) is 17.5 Å². The third-order valence-electron chi connectivity index (χ3n) is 4.10. The molecule has 0 radical (unpaired) electrons. The first-order chi connectivity index (χ1) is 11.3. The molecule has 4 nitrogen and oxygen atoms in total. The predicted octanol–water partition coefficient (Wildman–Crippen LogP) is 2.45. The van der Waals surface area contributed by atoms with Gasteiger partial charge in [0.15, 0.2) is 0 Å². The molecule has 1 aliphatic rings. The van der Waals surface area contributed by atoms with Crippen molar-refractivity contribution in [1.29, 1.82) is 0 Å². The summed E-state index contributed by atoms with van der Waals surface area (Å²) in [7, 11) is 0. The Morgan fingerprint density at radius 3 is 2.52 bits per heavy atom. The van der Waals surface area contributed by atoms with Crippen molar-refractivity contribution in [2.24, 2.45) is 0 Å². The molecule has 1 unspecified atom stereocenters. The van der Waals surface area contributed by atoms with Crippen LogP contribution in [-0.4, -0.2) is 55.4 Å². The van der Waals surface area contributed by atoms with Crippen LogP contribution < -0.4 is 4.90 Å². The quantitative estimate of drug-likeness (QED) is 0.845. The van der Waals surface area contributed by atoms with Gasteiger partial charge in [-0.15, -0.1) is 11.3 Å². The average molecular weight is 332 g/mol. The minimum absolute atomic E-state index is 0.400. The van der Waals surface area contributed by atoms with Crippen molar-refractivity contribution in [1.82, 2.24) is 4.90 Å². The van der Waals surface area contributed by atoms with E-state index >= 15 is 0 Å². The summed E-state index contributed by atoms with van der Waals surface area (Å²) in [6.07, 6.45) is -0.418. The smallest absolute Gasteiger partial charge is 0.0900 e. The maximum Gasteiger partial charge on any atom is 0.0900 e. The molecule has 1 aromatic heterocycles. The average Bonchev–Trinajstić information content (AvgIpc) is 3.10. The fourth-order valence-electron chi connectivity index (χ4n) is 2.87. The van der Waals surface area contributed by atoms with Gasteiger partial charge in [-0.3, -0.25) is 4.90 Å². The van der Waals surface area contributed by atoms with Gasteiger partial charge in [-0.2, -0.15) is 0 Å². The summed E-state index contributed by atoms with van der Waals surface area (Å²) in [5.41, 5.74) is 1.28. The molecule has 1 aliphatic heterocycles. The van der Waals surface area contributed by atoms with Crippen LogP contribution in [0.4, 0.5) is 5.69 Å². The second-order valence-corrected chi connectivity index (χ2v) is 6.90. The Morgan fingerprint density at radius 2 is 1.83 bits per heavy atom. The van der Waals surface area contributed by atoms with Crippen molar-refractivity contribution in [3.63, 3.8) is 0 Å². The van der Waals surface area contributed by atoms with Gasteiger partial charge in [0.25, 0.3) is 0 Å². The second kappa shape index (κ2) is 8.45. The number of ether oxygens (including phenoxy) is 1. The Balaban J connectivity index is 1.35. The number of rotatable bonds is 7. The first-order valence-corrected chi connectivity index (χ1v) is 9.00. The molecule has 2 heterocycles. The molecule has 1 N–H and O–H groups in total. The summed E-state index contributed by atoms with van der Waals surface area (Å²) in [6.45, 7) is 5.66. The molecular weight excluding hydrogens is 308 g/mol. The van der Waals surface area contributed by atoms with E-state index in [1.54, 1.807) is 11.3 Å². The Kier molecular flexibility index (Phi) is 6.05. The highest BCUT2D eigenvalue weighted by Crippen LogP contribution is 2.15.